The average Bonchev–Trinajstić information content (AvgIpc) is 3.16. The van der Waals surface area contributed by atoms with E-state index in [0.717, 1.165) is 32.5 Å². The van der Waals surface area contributed by atoms with Gasteiger partial charge in [0, 0.05) is 37.4 Å². The molecule has 186 valence electrons. The number of rotatable bonds is 9. The van der Waals surface area contributed by atoms with Crippen LogP contribution in [0, 0.1) is 5.82 Å². The molecule has 2 aromatic rings. The molecule has 0 amide bonds. The van der Waals surface area contributed by atoms with E-state index >= 15 is 0 Å². The summed E-state index contributed by atoms with van der Waals surface area (Å²) in [6.07, 6.45) is 9.66. The lowest BCUT2D eigenvalue weighted by molar-refractivity contribution is 0.277. The van der Waals surface area contributed by atoms with E-state index in [1.54, 1.807) is 17.0 Å². The number of likely N-dealkylation sites (tertiary alicyclic amines) is 1. The van der Waals surface area contributed by atoms with Gasteiger partial charge in [0.25, 0.3) is 0 Å². The zero-order valence-corrected chi connectivity index (χ0v) is 20.7. The maximum atomic E-state index is 14.4. The van der Waals surface area contributed by atoms with Crippen molar-refractivity contribution in [3.63, 3.8) is 0 Å². The molecule has 1 unspecified atom stereocenters. The third kappa shape index (κ3) is 6.05. The van der Waals surface area contributed by atoms with Crippen molar-refractivity contribution >= 4 is 23.5 Å². The third-order valence-electron chi connectivity index (χ3n) is 7.04. The Morgan fingerprint density at radius 1 is 1.06 bits per heavy atom. The zero-order valence-electron chi connectivity index (χ0n) is 20.7. The topological polar surface area (TPSA) is 78.4 Å². The minimum Gasteiger partial charge on any atom is -0.494 e. The molecule has 2 aliphatic rings. The number of methoxy groups -OCH3 is 1. The summed E-state index contributed by atoms with van der Waals surface area (Å²) in [5.41, 5.74) is 0.642. The van der Waals surface area contributed by atoms with Gasteiger partial charge in [-0.15, -0.1) is 0 Å². The highest BCUT2D eigenvalue weighted by atomic mass is 19.1. The molecule has 2 heterocycles. The summed E-state index contributed by atoms with van der Waals surface area (Å²) < 4.78 is 19.4. The maximum Gasteiger partial charge on any atom is 0.236 e. The maximum absolute atomic E-state index is 14.4. The first-order chi connectivity index (χ1) is 16.6. The number of likely N-dealkylation sites (N-methyl/N-ethyl adjacent to an activating group) is 1. The minimum atomic E-state index is -0.419. The molecule has 2 N–H and O–H groups in total. The summed E-state index contributed by atoms with van der Waals surface area (Å²) in [5.74, 6) is 1.38. The first kappa shape index (κ1) is 24.4. The van der Waals surface area contributed by atoms with Crippen LogP contribution in [-0.4, -0.2) is 65.7 Å². The Morgan fingerprint density at radius 2 is 1.82 bits per heavy atom. The predicted molar refractivity (Wildman–Crippen MR) is 135 cm³/mol. The molecular formula is C25H38FN7O. The molecule has 9 heteroatoms. The molecule has 1 aromatic heterocycles. The van der Waals surface area contributed by atoms with Crippen molar-refractivity contribution in [2.75, 3.05) is 49.3 Å². The molecule has 1 saturated heterocycles. The van der Waals surface area contributed by atoms with Crippen LogP contribution in [0.3, 0.4) is 0 Å². The fourth-order valence-electron chi connectivity index (χ4n) is 5.00. The molecule has 0 radical (unpaired) electrons. The van der Waals surface area contributed by atoms with Crippen LogP contribution in [0.1, 0.15) is 58.3 Å². The summed E-state index contributed by atoms with van der Waals surface area (Å²) in [7, 11) is 3.30. The summed E-state index contributed by atoms with van der Waals surface area (Å²) in [6.45, 7) is 5.19. The van der Waals surface area contributed by atoms with Crippen molar-refractivity contribution in [2.45, 2.75) is 70.4 Å². The van der Waals surface area contributed by atoms with Gasteiger partial charge in [-0.3, -0.25) is 4.90 Å². The fraction of sp³-hybridized carbons (Fsp3) is 0.640. The van der Waals surface area contributed by atoms with Crippen molar-refractivity contribution in [1.29, 1.82) is 0 Å². The van der Waals surface area contributed by atoms with E-state index in [1.807, 2.05) is 7.05 Å². The van der Waals surface area contributed by atoms with Crippen molar-refractivity contribution in [3.8, 4) is 5.75 Å². The Hall–Kier alpha value is -2.68. The number of ether oxygens (including phenoxy) is 1. The van der Waals surface area contributed by atoms with E-state index in [2.05, 4.69) is 27.4 Å². The molecule has 1 saturated carbocycles. The van der Waals surface area contributed by atoms with Gasteiger partial charge in [0.2, 0.25) is 17.8 Å². The normalized spacial score (nSPS) is 19.6. The summed E-state index contributed by atoms with van der Waals surface area (Å²) in [4.78, 5) is 18.4. The van der Waals surface area contributed by atoms with Gasteiger partial charge in [-0.2, -0.15) is 15.0 Å². The molecule has 8 nitrogen and oxygen atoms in total. The Labute approximate surface area is 202 Å². The number of halogens is 1. The molecular weight excluding hydrogens is 433 g/mol. The van der Waals surface area contributed by atoms with Gasteiger partial charge in [0.1, 0.15) is 0 Å². The van der Waals surface area contributed by atoms with E-state index in [0.29, 0.717) is 35.6 Å². The van der Waals surface area contributed by atoms with Gasteiger partial charge in [0.05, 0.1) is 7.11 Å². The lowest BCUT2D eigenvalue weighted by Crippen LogP contribution is -2.35. The largest absolute Gasteiger partial charge is 0.494 e. The third-order valence-corrected chi connectivity index (χ3v) is 7.04. The zero-order chi connectivity index (χ0) is 23.9. The number of hydrogen-bond acceptors (Lipinski definition) is 8. The van der Waals surface area contributed by atoms with Gasteiger partial charge in [-0.05, 0) is 50.9 Å². The van der Waals surface area contributed by atoms with Crippen LogP contribution in [0.25, 0.3) is 0 Å². The van der Waals surface area contributed by atoms with Gasteiger partial charge in [-0.1, -0.05) is 32.6 Å². The quantitative estimate of drug-likeness (QED) is 0.504. The molecule has 34 heavy (non-hydrogen) atoms. The van der Waals surface area contributed by atoms with E-state index in [4.69, 9.17) is 14.7 Å². The van der Waals surface area contributed by atoms with Crippen LogP contribution in [-0.2, 0) is 0 Å². The first-order valence-corrected chi connectivity index (χ1v) is 12.6. The number of nitrogens with zero attached hydrogens (tertiary/aromatic N) is 5. The summed E-state index contributed by atoms with van der Waals surface area (Å²) in [6, 6.07) is 5.70. The first-order valence-electron chi connectivity index (χ1n) is 12.6. The molecule has 1 atom stereocenters. The van der Waals surface area contributed by atoms with Crippen LogP contribution in [0.5, 0.6) is 5.75 Å². The number of hydrogen-bond donors (Lipinski definition) is 2. The lowest BCUT2D eigenvalue weighted by Gasteiger charge is -2.24. The lowest BCUT2D eigenvalue weighted by atomic mass is 10.1. The fourth-order valence-corrected chi connectivity index (χ4v) is 5.00. The van der Waals surface area contributed by atoms with Gasteiger partial charge in [-0.25, -0.2) is 4.39 Å². The number of aromatic nitrogens is 3. The van der Waals surface area contributed by atoms with E-state index in [1.165, 1.54) is 51.7 Å². The smallest absolute Gasteiger partial charge is 0.236 e. The van der Waals surface area contributed by atoms with Crippen molar-refractivity contribution < 1.29 is 9.13 Å². The van der Waals surface area contributed by atoms with Gasteiger partial charge >= 0.3 is 0 Å². The standard InChI is InChI=1S/C25H38FN7O/c1-4-33-15-9-12-20(33)17-27-23-29-24(28-18-10-7-5-6-8-11-18)31-25(30-23)32(2)19-13-14-22(34-3)21(26)16-19/h13-14,16,18,20H,4-12,15,17H2,1-3H3,(H2,27,28,29,30,31). The van der Waals surface area contributed by atoms with Crippen molar-refractivity contribution in [3.05, 3.63) is 24.0 Å². The molecule has 2 fully saturated rings. The van der Waals surface area contributed by atoms with Crippen LogP contribution >= 0.6 is 0 Å². The second-order valence-corrected chi connectivity index (χ2v) is 9.30. The minimum absolute atomic E-state index is 0.211. The predicted octanol–water partition coefficient (Wildman–Crippen LogP) is 4.82. The summed E-state index contributed by atoms with van der Waals surface area (Å²) >= 11 is 0. The molecule has 0 bridgehead atoms. The molecule has 1 aliphatic carbocycles. The second kappa shape index (κ2) is 11.6. The Balaban J connectivity index is 1.57. The van der Waals surface area contributed by atoms with Crippen molar-refractivity contribution in [1.82, 2.24) is 19.9 Å². The Bertz CT molecular complexity index is 935. The van der Waals surface area contributed by atoms with Gasteiger partial charge < -0.3 is 20.3 Å². The van der Waals surface area contributed by atoms with E-state index < -0.39 is 5.82 Å². The second-order valence-electron chi connectivity index (χ2n) is 9.30. The Morgan fingerprint density at radius 3 is 2.53 bits per heavy atom. The monoisotopic (exact) mass is 471 g/mol. The SMILES string of the molecule is CCN1CCCC1CNc1nc(NC2CCCCCC2)nc(N(C)c2ccc(OC)c(F)c2)n1. The van der Waals surface area contributed by atoms with Crippen LogP contribution in [0.4, 0.5) is 27.9 Å². The van der Waals surface area contributed by atoms with E-state index in [-0.39, 0.29) is 5.75 Å². The van der Waals surface area contributed by atoms with Gasteiger partial charge in [0.15, 0.2) is 11.6 Å². The highest BCUT2D eigenvalue weighted by Crippen LogP contribution is 2.28. The van der Waals surface area contributed by atoms with Crippen LogP contribution in [0.2, 0.25) is 0 Å². The molecule has 4 rings (SSSR count). The van der Waals surface area contributed by atoms with Crippen LogP contribution < -0.4 is 20.3 Å². The average molecular weight is 472 g/mol. The van der Waals surface area contributed by atoms with Crippen LogP contribution in [0.15, 0.2) is 18.2 Å². The van der Waals surface area contributed by atoms with Crippen molar-refractivity contribution in [2.24, 2.45) is 0 Å². The highest BCUT2D eigenvalue weighted by Gasteiger charge is 2.23. The number of nitrogens with one attached hydrogen (secondary N) is 2. The number of benzene rings is 1. The Kier molecular flexibility index (Phi) is 8.37. The molecule has 1 aromatic carbocycles. The molecule has 0 spiro atoms. The highest BCUT2D eigenvalue weighted by molar-refractivity contribution is 5.59. The summed E-state index contributed by atoms with van der Waals surface area (Å²) in [5, 5.41) is 7.00. The molecule has 1 aliphatic heterocycles. The number of anilines is 4. The van der Waals surface area contributed by atoms with E-state index in [9.17, 15) is 4.39 Å².